The van der Waals surface area contributed by atoms with Crippen LogP contribution in [0.2, 0.25) is 0 Å². The lowest BCUT2D eigenvalue weighted by Gasteiger charge is -2.20. The smallest absolute Gasteiger partial charge is 0.241 e. The molecule has 7 nitrogen and oxygen atoms in total. The van der Waals surface area contributed by atoms with Gasteiger partial charge in [-0.1, -0.05) is 5.16 Å². The summed E-state index contributed by atoms with van der Waals surface area (Å²) in [5.74, 6) is 1.13. The van der Waals surface area contributed by atoms with E-state index in [1.807, 2.05) is 0 Å². The van der Waals surface area contributed by atoms with Crippen LogP contribution in [0.3, 0.4) is 0 Å². The maximum absolute atomic E-state index is 12.4. The highest BCUT2D eigenvalue weighted by molar-refractivity contribution is 7.89. The van der Waals surface area contributed by atoms with Crippen molar-refractivity contribution in [3.63, 3.8) is 0 Å². The highest BCUT2D eigenvalue weighted by atomic mass is 32.2. The lowest BCUT2D eigenvalue weighted by Crippen LogP contribution is -2.40. The van der Waals surface area contributed by atoms with Crippen molar-refractivity contribution in [3.8, 4) is 17.1 Å². The third-order valence-electron chi connectivity index (χ3n) is 2.69. The first-order valence-electron chi connectivity index (χ1n) is 6.65. The van der Waals surface area contributed by atoms with Crippen LogP contribution in [0.4, 0.5) is 0 Å². The Hall–Kier alpha value is -1.93. The molecule has 0 amide bonds. The summed E-state index contributed by atoms with van der Waals surface area (Å²) in [5, 5.41) is 3.81. The SMILES string of the molecule is COc1ccc(S(=O)(=O)NC(C)(C)C)cc1-c1noc(C)n1. The van der Waals surface area contributed by atoms with E-state index in [1.165, 1.54) is 19.2 Å². The third-order valence-corrected chi connectivity index (χ3v) is 4.45. The van der Waals surface area contributed by atoms with E-state index in [9.17, 15) is 8.42 Å². The van der Waals surface area contributed by atoms with Crippen LogP contribution < -0.4 is 9.46 Å². The molecule has 120 valence electrons. The number of hydrogen-bond acceptors (Lipinski definition) is 6. The van der Waals surface area contributed by atoms with E-state index >= 15 is 0 Å². The molecule has 0 radical (unpaired) electrons. The molecule has 0 aliphatic heterocycles. The molecule has 0 atom stereocenters. The number of hydrogen-bond donors (Lipinski definition) is 1. The summed E-state index contributed by atoms with van der Waals surface area (Å²) in [6.07, 6.45) is 0. The molecule has 0 aliphatic rings. The van der Waals surface area contributed by atoms with Crippen LogP contribution in [0.5, 0.6) is 5.75 Å². The number of aromatic nitrogens is 2. The van der Waals surface area contributed by atoms with E-state index in [-0.39, 0.29) is 10.7 Å². The Morgan fingerprint density at radius 1 is 1.27 bits per heavy atom. The Balaban J connectivity index is 2.52. The molecule has 8 heteroatoms. The Bertz CT molecular complexity index is 776. The van der Waals surface area contributed by atoms with E-state index < -0.39 is 15.6 Å². The van der Waals surface area contributed by atoms with Gasteiger partial charge in [-0.05, 0) is 39.0 Å². The van der Waals surface area contributed by atoms with E-state index in [0.717, 1.165) is 0 Å². The summed E-state index contributed by atoms with van der Waals surface area (Å²) in [4.78, 5) is 4.23. The molecule has 1 N–H and O–H groups in total. The van der Waals surface area contributed by atoms with Gasteiger partial charge in [0.25, 0.3) is 0 Å². The topological polar surface area (TPSA) is 94.3 Å². The molecule has 22 heavy (non-hydrogen) atoms. The summed E-state index contributed by atoms with van der Waals surface area (Å²) in [5.41, 5.74) is -0.127. The molecular weight excluding hydrogens is 306 g/mol. The molecule has 0 fully saturated rings. The van der Waals surface area contributed by atoms with E-state index in [4.69, 9.17) is 9.26 Å². The Kier molecular flexibility index (Phi) is 4.25. The molecule has 0 bridgehead atoms. The molecule has 0 saturated heterocycles. The van der Waals surface area contributed by atoms with Crippen molar-refractivity contribution < 1.29 is 17.7 Å². The van der Waals surface area contributed by atoms with E-state index in [0.29, 0.717) is 17.2 Å². The summed E-state index contributed by atoms with van der Waals surface area (Å²) >= 11 is 0. The lowest BCUT2D eigenvalue weighted by atomic mass is 10.1. The summed E-state index contributed by atoms with van der Waals surface area (Å²) in [7, 11) is -2.16. The molecule has 0 unspecified atom stereocenters. The number of aryl methyl sites for hydroxylation is 1. The molecule has 0 spiro atoms. The largest absolute Gasteiger partial charge is 0.496 e. The Morgan fingerprint density at radius 2 is 1.95 bits per heavy atom. The highest BCUT2D eigenvalue weighted by Crippen LogP contribution is 2.30. The number of methoxy groups -OCH3 is 1. The van der Waals surface area contributed by atoms with Crippen molar-refractivity contribution in [3.05, 3.63) is 24.1 Å². The maximum Gasteiger partial charge on any atom is 0.241 e. The summed E-state index contributed by atoms with van der Waals surface area (Å²) < 4.78 is 37.6. The normalized spacial score (nSPS) is 12.4. The Labute approximate surface area is 129 Å². The first kappa shape index (κ1) is 16.4. The van der Waals surface area contributed by atoms with Crippen LogP contribution >= 0.6 is 0 Å². The van der Waals surface area contributed by atoms with Gasteiger partial charge in [-0.2, -0.15) is 4.98 Å². The standard InChI is InChI=1S/C14H19N3O4S/c1-9-15-13(16-21-9)11-8-10(6-7-12(11)20-5)22(18,19)17-14(2,3)4/h6-8,17H,1-5H3. The van der Waals surface area contributed by atoms with Gasteiger partial charge in [0.15, 0.2) is 0 Å². The summed E-state index contributed by atoms with van der Waals surface area (Å²) in [6.45, 7) is 6.98. The van der Waals surface area contributed by atoms with Crippen molar-refractivity contribution >= 4 is 10.0 Å². The minimum absolute atomic E-state index is 0.112. The van der Waals surface area contributed by atoms with Crippen LogP contribution in [-0.4, -0.2) is 31.2 Å². The minimum atomic E-state index is -3.66. The van der Waals surface area contributed by atoms with Crippen LogP contribution in [0, 0.1) is 6.92 Å². The van der Waals surface area contributed by atoms with Crippen molar-refractivity contribution in [2.75, 3.05) is 7.11 Å². The number of ether oxygens (including phenoxy) is 1. The maximum atomic E-state index is 12.4. The molecule has 0 aliphatic carbocycles. The van der Waals surface area contributed by atoms with E-state index in [1.54, 1.807) is 33.8 Å². The number of rotatable bonds is 4. The molecule has 1 aromatic heterocycles. The van der Waals surface area contributed by atoms with Gasteiger partial charge >= 0.3 is 0 Å². The van der Waals surface area contributed by atoms with Crippen molar-refractivity contribution in [1.29, 1.82) is 0 Å². The van der Waals surface area contributed by atoms with Crippen molar-refractivity contribution in [2.45, 2.75) is 38.1 Å². The van der Waals surface area contributed by atoms with Crippen molar-refractivity contribution in [2.24, 2.45) is 0 Å². The fourth-order valence-electron chi connectivity index (χ4n) is 1.90. The molecule has 2 rings (SSSR count). The zero-order valence-electron chi connectivity index (χ0n) is 13.2. The number of nitrogens with one attached hydrogen (secondary N) is 1. The molecule has 1 aromatic carbocycles. The molecular formula is C14H19N3O4S. The zero-order chi connectivity index (χ0) is 16.5. The molecule has 0 saturated carbocycles. The van der Waals surface area contributed by atoms with Gasteiger partial charge in [-0.25, -0.2) is 13.1 Å². The van der Waals surface area contributed by atoms with Crippen LogP contribution in [0.15, 0.2) is 27.6 Å². The van der Waals surface area contributed by atoms with Gasteiger partial charge in [-0.15, -0.1) is 0 Å². The monoisotopic (exact) mass is 325 g/mol. The van der Waals surface area contributed by atoms with Crippen LogP contribution in [-0.2, 0) is 10.0 Å². The van der Waals surface area contributed by atoms with Gasteiger partial charge in [-0.3, -0.25) is 0 Å². The lowest BCUT2D eigenvalue weighted by molar-refractivity contribution is 0.392. The van der Waals surface area contributed by atoms with Crippen molar-refractivity contribution in [1.82, 2.24) is 14.9 Å². The first-order chi connectivity index (χ1) is 10.1. The second kappa shape index (κ2) is 5.69. The zero-order valence-corrected chi connectivity index (χ0v) is 14.0. The predicted octanol–water partition coefficient (Wildman–Crippen LogP) is 2.13. The average Bonchev–Trinajstić information content (AvgIpc) is 2.81. The van der Waals surface area contributed by atoms with Gasteiger partial charge in [0, 0.05) is 12.5 Å². The Morgan fingerprint density at radius 3 is 2.45 bits per heavy atom. The summed E-state index contributed by atoms with van der Waals surface area (Å²) in [6, 6.07) is 4.51. The van der Waals surface area contributed by atoms with E-state index in [2.05, 4.69) is 14.9 Å². The fraction of sp³-hybridized carbons (Fsp3) is 0.429. The van der Waals surface area contributed by atoms with Gasteiger partial charge in [0.05, 0.1) is 17.6 Å². The number of benzene rings is 1. The highest BCUT2D eigenvalue weighted by Gasteiger charge is 2.24. The molecule has 1 heterocycles. The second-order valence-corrected chi connectivity index (χ2v) is 7.54. The number of nitrogens with zero attached hydrogens (tertiary/aromatic N) is 2. The quantitative estimate of drug-likeness (QED) is 0.925. The average molecular weight is 325 g/mol. The van der Waals surface area contributed by atoms with Crippen LogP contribution in [0.25, 0.3) is 11.4 Å². The first-order valence-corrected chi connectivity index (χ1v) is 8.13. The minimum Gasteiger partial charge on any atom is -0.496 e. The van der Waals surface area contributed by atoms with Crippen LogP contribution in [0.1, 0.15) is 26.7 Å². The molecule has 2 aromatic rings. The third kappa shape index (κ3) is 3.63. The predicted molar refractivity (Wildman–Crippen MR) is 81.1 cm³/mol. The fourth-order valence-corrected chi connectivity index (χ4v) is 3.34. The number of sulfonamides is 1. The van der Waals surface area contributed by atoms with Gasteiger partial charge in [0.2, 0.25) is 21.7 Å². The van der Waals surface area contributed by atoms with Gasteiger partial charge in [0.1, 0.15) is 5.75 Å². The van der Waals surface area contributed by atoms with Gasteiger partial charge < -0.3 is 9.26 Å². The second-order valence-electron chi connectivity index (χ2n) is 5.85.